The summed E-state index contributed by atoms with van der Waals surface area (Å²) in [6.45, 7) is 3.83. The SMILES string of the molecule is Cc1nn(CC(=O)Nc2ccccc2)c(C)c1Cl. The number of anilines is 1. The quantitative estimate of drug-likeness (QED) is 0.926. The number of amides is 1. The van der Waals surface area contributed by atoms with Crippen LogP contribution in [0.15, 0.2) is 30.3 Å². The van der Waals surface area contributed by atoms with E-state index in [1.165, 1.54) is 0 Å². The molecular formula is C13H14ClN3O. The van der Waals surface area contributed by atoms with Gasteiger partial charge in [-0.25, -0.2) is 0 Å². The summed E-state index contributed by atoms with van der Waals surface area (Å²) in [5, 5.41) is 7.63. The van der Waals surface area contributed by atoms with Gasteiger partial charge < -0.3 is 5.32 Å². The molecule has 0 bridgehead atoms. The molecule has 5 heteroatoms. The second kappa shape index (κ2) is 5.23. The second-order valence-electron chi connectivity index (χ2n) is 4.06. The molecule has 1 aromatic heterocycles. The van der Waals surface area contributed by atoms with Gasteiger partial charge in [0.25, 0.3) is 0 Å². The predicted octanol–water partition coefficient (Wildman–Crippen LogP) is 2.79. The minimum atomic E-state index is -0.122. The van der Waals surface area contributed by atoms with E-state index in [-0.39, 0.29) is 12.5 Å². The van der Waals surface area contributed by atoms with Crippen molar-refractivity contribution in [2.45, 2.75) is 20.4 Å². The van der Waals surface area contributed by atoms with E-state index in [0.717, 1.165) is 17.1 Å². The number of aromatic nitrogens is 2. The number of aryl methyl sites for hydroxylation is 1. The van der Waals surface area contributed by atoms with Gasteiger partial charge in [0.1, 0.15) is 6.54 Å². The molecule has 0 aliphatic heterocycles. The minimum absolute atomic E-state index is 0.122. The molecule has 2 rings (SSSR count). The van der Waals surface area contributed by atoms with Crippen LogP contribution in [0.2, 0.25) is 5.02 Å². The first-order valence-electron chi connectivity index (χ1n) is 5.62. The van der Waals surface area contributed by atoms with Crippen LogP contribution in [-0.2, 0) is 11.3 Å². The van der Waals surface area contributed by atoms with Gasteiger partial charge in [-0.15, -0.1) is 0 Å². The van der Waals surface area contributed by atoms with Crippen molar-refractivity contribution < 1.29 is 4.79 Å². The van der Waals surface area contributed by atoms with Gasteiger partial charge >= 0.3 is 0 Å². The van der Waals surface area contributed by atoms with Gasteiger partial charge in [0.2, 0.25) is 5.91 Å². The van der Waals surface area contributed by atoms with Crippen LogP contribution in [0.4, 0.5) is 5.69 Å². The summed E-state index contributed by atoms with van der Waals surface area (Å²) in [7, 11) is 0. The van der Waals surface area contributed by atoms with Crippen molar-refractivity contribution in [3.63, 3.8) is 0 Å². The number of nitrogens with zero attached hydrogens (tertiary/aromatic N) is 2. The molecule has 0 saturated heterocycles. The van der Waals surface area contributed by atoms with Crippen LogP contribution in [0.3, 0.4) is 0 Å². The summed E-state index contributed by atoms with van der Waals surface area (Å²) >= 11 is 6.03. The largest absolute Gasteiger partial charge is 0.324 e. The number of para-hydroxylation sites is 1. The third-order valence-electron chi connectivity index (χ3n) is 2.64. The molecule has 0 spiro atoms. The molecule has 1 aromatic carbocycles. The van der Waals surface area contributed by atoms with Crippen molar-refractivity contribution in [2.24, 2.45) is 0 Å². The molecule has 4 nitrogen and oxygen atoms in total. The molecule has 0 radical (unpaired) electrons. The molecule has 0 fully saturated rings. The zero-order valence-corrected chi connectivity index (χ0v) is 11.0. The lowest BCUT2D eigenvalue weighted by Crippen LogP contribution is -2.20. The number of nitrogens with one attached hydrogen (secondary N) is 1. The number of hydrogen-bond donors (Lipinski definition) is 1. The maximum absolute atomic E-state index is 11.8. The zero-order valence-electron chi connectivity index (χ0n) is 10.3. The van der Waals surface area contributed by atoms with Gasteiger partial charge in [-0.3, -0.25) is 9.48 Å². The Morgan fingerprint density at radius 1 is 1.33 bits per heavy atom. The molecule has 2 aromatic rings. The third-order valence-corrected chi connectivity index (χ3v) is 3.19. The Kier molecular flexibility index (Phi) is 3.67. The number of halogens is 1. The van der Waals surface area contributed by atoms with E-state index in [2.05, 4.69) is 10.4 Å². The topological polar surface area (TPSA) is 46.9 Å². The van der Waals surface area contributed by atoms with Crippen LogP contribution in [0.1, 0.15) is 11.4 Å². The van der Waals surface area contributed by atoms with Crippen LogP contribution in [0, 0.1) is 13.8 Å². The molecule has 0 unspecified atom stereocenters. The van der Waals surface area contributed by atoms with Crippen molar-refractivity contribution >= 4 is 23.2 Å². The summed E-state index contributed by atoms with van der Waals surface area (Å²) in [5.74, 6) is -0.122. The predicted molar refractivity (Wildman–Crippen MR) is 71.8 cm³/mol. The van der Waals surface area contributed by atoms with Crippen molar-refractivity contribution in [2.75, 3.05) is 5.32 Å². The standard InChI is InChI=1S/C13H14ClN3O/c1-9-13(14)10(2)17(16-9)8-12(18)15-11-6-4-3-5-7-11/h3-7H,8H2,1-2H3,(H,15,18). The Labute approximate surface area is 111 Å². The highest BCUT2D eigenvalue weighted by atomic mass is 35.5. The molecule has 0 aliphatic carbocycles. The van der Waals surface area contributed by atoms with Gasteiger partial charge in [-0.1, -0.05) is 29.8 Å². The van der Waals surface area contributed by atoms with Crippen LogP contribution in [0.25, 0.3) is 0 Å². The summed E-state index contributed by atoms with van der Waals surface area (Å²) in [4.78, 5) is 11.8. The lowest BCUT2D eigenvalue weighted by atomic mass is 10.3. The first-order valence-corrected chi connectivity index (χ1v) is 6.00. The van der Waals surface area contributed by atoms with E-state index >= 15 is 0 Å². The van der Waals surface area contributed by atoms with Crippen molar-refractivity contribution in [1.29, 1.82) is 0 Å². The highest BCUT2D eigenvalue weighted by Gasteiger charge is 2.11. The van der Waals surface area contributed by atoms with Gasteiger partial charge in [-0.2, -0.15) is 5.10 Å². The average molecular weight is 264 g/mol. The van der Waals surface area contributed by atoms with Gasteiger partial charge in [0.15, 0.2) is 0 Å². The van der Waals surface area contributed by atoms with Crippen molar-refractivity contribution in [1.82, 2.24) is 9.78 Å². The molecule has 18 heavy (non-hydrogen) atoms. The fourth-order valence-corrected chi connectivity index (χ4v) is 1.82. The maximum atomic E-state index is 11.8. The fourth-order valence-electron chi connectivity index (χ4n) is 1.69. The summed E-state index contributed by atoms with van der Waals surface area (Å²) in [5.41, 5.74) is 2.31. The van der Waals surface area contributed by atoms with E-state index in [0.29, 0.717) is 5.02 Å². The van der Waals surface area contributed by atoms with Gasteiger partial charge in [0.05, 0.1) is 16.4 Å². The first kappa shape index (κ1) is 12.6. The zero-order chi connectivity index (χ0) is 13.1. The van der Waals surface area contributed by atoms with E-state index in [9.17, 15) is 4.79 Å². The summed E-state index contributed by atoms with van der Waals surface area (Å²) in [6.07, 6.45) is 0. The summed E-state index contributed by atoms with van der Waals surface area (Å²) < 4.78 is 1.61. The van der Waals surface area contributed by atoms with E-state index in [1.54, 1.807) is 4.68 Å². The number of carbonyl (C=O) groups is 1. The Bertz CT molecular complexity index is 563. The van der Waals surface area contributed by atoms with Gasteiger partial charge in [0, 0.05) is 5.69 Å². The van der Waals surface area contributed by atoms with E-state index in [4.69, 9.17) is 11.6 Å². The van der Waals surface area contributed by atoms with Gasteiger partial charge in [-0.05, 0) is 26.0 Å². The smallest absolute Gasteiger partial charge is 0.246 e. The highest BCUT2D eigenvalue weighted by Crippen LogP contribution is 2.18. The summed E-state index contributed by atoms with van der Waals surface area (Å²) in [6, 6.07) is 9.32. The molecule has 0 aliphatic rings. The number of benzene rings is 1. The van der Waals surface area contributed by atoms with Crippen LogP contribution in [0.5, 0.6) is 0 Å². The van der Waals surface area contributed by atoms with Crippen LogP contribution >= 0.6 is 11.6 Å². The average Bonchev–Trinajstić information content (AvgIpc) is 2.58. The second-order valence-corrected chi connectivity index (χ2v) is 4.43. The van der Waals surface area contributed by atoms with Crippen molar-refractivity contribution in [3.05, 3.63) is 46.7 Å². The first-order chi connectivity index (χ1) is 8.58. The highest BCUT2D eigenvalue weighted by molar-refractivity contribution is 6.31. The van der Waals surface area contributed by atoms with E-state index in [1.807, 2.05) is 44.2 Å². The molecule has 1 heterocycles. The maximum Gasteiger partial charge on any atom is 0.246 e. The van der Waals surface area contributed by atoms with E-state index < -0.39 is 0 Å². The molecular weight excluding hydrogens is 250 g/mol. The Morgan fingerprint density at radius 2 is 2.00 bits per heavy atom. The molecule has 1 amide bonds. The number of carbonyl (C=O) groups excluding carboxylic acids is 1. The van der Waals surface area contributed by atoms with Crippen LogP contribution in [-0.4, -0.2) is 15.7 Å². The number of rotatable bonds is 3. The number of hydrogen-bond acceptors (Lipinski definition) is 2. The molecule has 0 atom stereocenters. The minimum Gasteiger partial charge on any atom is -0.324 e. The molecule has 94 valence electrons. The Morgan fingerprint density at radius 3 is 2.56 bits per heavy atom. The van der Waals surface area contributed by atoms with Crippen LogP contribution < -0.4 is 5.32 Å². The molecule has 1 N–H and O–H groups in total. The Hall–Kier alpha value is -1.81. The van der Waals surface area contributed by atoms with Crippen molar-refractivity contribution in [3.8, 4) is 0 Å². The molecule has 0 saturated carbocycles. The fraction of sp³-hybridized carbons (Fsp3) is 0.231. The normalized spacial score (nSPS) is 10.4. The lowest BCUT2D eigenvalue weighted by Gasteiger charge is -2.06. The Balaban J connectivity index is 2.06. The third kappa shape index (κ3) is 2.71. The lowest BCUT2D eigenvalue weighted by molar-refractivity contribution is -0.116. The monoisotopic (exact) mass is 263 g/mol.